The molecule has 0 bridgehead atoms. The van der Waals surface area contributed by atoms with Crippen LogP contribution in [0, 0.1) is 6.92 Å². The smallest absolute Gasteiger partial charge is 0.300 e. The van der Waals surface area contributed by atoms with Gasteiger partial charge in [0.25, 0.3) is 11.7 Å². The number of ketones is 1. The molecular formula is C28H27NO5. The Kier molecular flexibility index (Phi) is 6.68. The van der Waals surface area contributed by atoms with Gasteiger partial charge in [0.05, 0.1) is 24.8 Å². The van der Waals surface area contributed by atoms with Gasteiger partial charge in [-0.3, -0.25) is 14.5 Å². The molecule has 1 amide bonds. The van der Waals surface area contributed by atoms with E-state index in [1.165, 1.54) is 4.90 Å². The molecule has 1 heterocycles. The summed E-state index contributed by atoms with van der Waals surface area (Å²) in [6.07, 6.45) is 0. The molecule has 1 atom stereocenters. The van der Waals surface area contributed by atoms with Gasteiger partial charge < -0.3 is 14.6 Å². The van der Waals surface area contributed by atoms with E-state index in [2.05, 4.69) is 0 Å². The number of aliphatic hydroxyl groups is 1. The van der Waals surface area contributed by atoms with Gasteiger partial charge in [0, 0.05) is 11.3 Å². The summed E-state index contributed by atoms with van der Waals surface area (Å²) < 4.78 is 11.2. The van der Waals surface area contributed by atoms with Crippen molar-refractivity contribution in [2.24, 2.45) is 0 Å². The van der Waals surface area contributed by atoms with Gasteiger partial charge in [-0.2, -0.15) is 0 Å². The molecule has 34 heavy (non-hydrogen) atoms. The van der Waals surface area contributed by atoms with Gasteiger partial charge in [-0.15, -0.1) is 0 Å². The lowest BCUT2D eigenvalue weighted by atomic mass is 9.94. The Morgan fingerprint density at radius 1 is 0.882 bits per heavy atom. The molecule has 0 radical (unpaired) electrons. The van der Waals surface area contributed by atoms with Crippen molar-refractivity contribution in [3.05, 3.63) is 95.1 Å². The fraction of sp³-hybridized carbons (Fsp3) is 0.214. The number of Topliss-reactive ketones (excluding diaryl/α,β-unsaturated/α-hetero) is 1. The number of hydrogen-bond donors (Lipinski definition) is 1. The molecule has 0 aliphatic carbocycles. The summed E-state index contributed by atoms with van der Waals surface area (Å²) in [4.78, 5) is 28.0. The second kappa shape index (κ2) is 9.83. The fourth-order valence-corrected chi connectivity index (χ4v) is 4.09. The lowest BCUT2D eigenvalue weighted by molar-refractivity contribution is -0.132. The number of benzene rings is 3. The van der Waals surface area contributed by atoms with E-state index in [0.717, 1.165) is 5.56 Å². The van der Waals surface area contributed by atoms with Gasteiger partial charge in [-0.05, 0) is 62.7 Å². The zero-order chi connectivity index (χ0) is 24.2. The summed E-state index contributed by atoms with van der Waals surface area (Å²) in [6.45, 7) is 6.71. The fourth-order valence-electron chi connectivity index (χ4n) is 4.09. The minimum Gasteiger partial charge on any atom is -0.507 e. The van der Waals surface area contributed by atoms with Crippen LogP contribution in [0.5, 0.6) is 11.5 Å². The van der Waals surface area contributed by atoms with Crippen LogP contribution in [0.25, 0.3) is 5.76 Å². The zero-order valence-corrected chi connectivity index (χ0v) is 19.4. The van der Waals surface area contributed by atoms with Crippen LogP contribution in [-0.2, 0) is 9.59 Å². The zero-order valence-electron chi connectivity index (χ0n) is 19.4. The van der Waals surface area contributed by atoms with Crippen LogP contribution in [0.4, 0.5) is 5.69 Å². The van der Waals surface area contributed by atoms with Crippen LogP contribution in [0.1, 0.15) is 36.6 Å². The largest absolute Gasteiger partial charge is 0.507 e. The van der Waals surface area contributed by atoms with Crippen LogP contribution in [0.15, 0.2) is 78.4 Å². The van der Waals surface area contributed by atoms with Crippen molar-refractivity contribution in [2.45, 2.75) is 26.8 Å². The maximum Gasteiger partial charge on any atom is 0.300 e. The Labute approximate surface area is 199 Å². The molecule has 1 saturated heterocycles. The molecule has 1 fully saturated rings. The minimum absolute atomic E-state index is 0.0383. The molecule has 1 aliphatic heterocycles. The third-order valence-corrected chi connectivity index (χ3v) is 5.68. The van der Waals surface area contributed by atoms with Crippen molar-refractivity contribution in [3.8, 4) is 11.5 Å². The van der Waals surface area contributed by atoms with Crippen LogP contribution in [-0.4, -0.2) is 30.0 Å². The van der Waals surface area contributed by atoms with Gasteiger partial charge in [0.15, 0.2) is 0 Å². The van der Waals surface area contributed by atoms with Gasteiger partial charge in [0.1, 0.15) is 17.3 Å². The Hall–Kier alpha value is -4.06. The highest BCUT2D eigenvalue weighted by molar-refractivity contribution is 6.51. The minimum atomic E-state index is -0.820. The first kappa shape index (κ1) is 23.1. The Bertz CT molecular complexity index is 1230. The van der Waals surface area contributed by atoms with Crippen molar-refractivity contribution in [2.75, 3.05) is 18.1 Å². The number of ether oxygens (including phenoxy) is 2. The topological polar surface area (TPSA) is 76.1 Å². The van der Waals surface area contributed by atoms with Crippen LogP contribution in [0.2, 0.25) is 0 Å². The van der Waals surface area contributed by atoms with Crippen LogP contribution >= 0.6 is 0 Å². The number of aryl methyl sites for hydroxylation is 1. The predicted octanol–water partition coefficient (Wildman–Crippen LogP) is 5.42. The molecular weight excluding hydrogens is 430 g/mol. The van der Waals surface area contributed by atoms with Crippen molar-refractivity contribution in [1.29, 1.82) is 0 Å². The summed E-state index contributed by atoms with van der Waals surface area (Å²) in [5.41, 5.74) is 2.72. The van der Waals surface area contributed by atoms with Gasteiger partial charge in [-0.1, -0.05) is 42.0 Å². The summed E-state index contributed by atoms with van der Waals surface area (Å²) in [5, 5.41) is 11.2. The summed E-state index contributed by atoms with van der Waals surface area (Å²) in [6, 6.07) is 20.6. The summed E-state index contributed by atoms with van der Waals surface area (Å²) >= 11 is 0. The van der Waals surface area contributed by atoms with E-state index in [-0.39, 0.29) is 11.3 Å². The second-order valence-corrected chi connectivity index (χ2v) is 7.97. The average molecular weight is 458 g/mol. The Balaban J connectivity index is 1.89. The maximum atomic E-state index is 13.3. The maximum absolute atomic E-state index is 13.3. The molecule has 0 aromatic heterocycles. The highest BCUT2D eigenvalue weighted by atomic mass is 16.5. The van der Waals surface area contributed by atoms with E-state index in [9.17, 15) is 14.7 Å². The normalized spacial score (nSPS) is 17.1. The Morgan fingerprint density at radius 3 is 2.18 bits per heavy atom. The van der Waals surface area contributed by atoms with E-state index >= 15 is 0 Å². The highest BCUT2D eigenvalue weighted by Crippen LogP contribution is 2.43. The van der Waals surface area contributed by atoms with Gasteiger partial charge in [-0.25, -0.2) is 0 Å². The first-order chi connectivity index (χ1) is 16.4. The third-order valence-electron chi connectivity index (χ3n) is 5.68. The molecule has 4 rings (SSSR count). The number of hydrogen-bond acceptors (Lipinski definition) is 5. The molecule has 1 aliphatic rings. The second-order valence-electron chi connectivity index (χ2n) is 7.97. The first-order valence-electron chi connectivity index (χ1n) is 11.3. The molecule has 174 valence electrons. The van der Waals surface area contributed by atoms with Crippen LogP contribution < -0.4 is 14.4 Å². The highest BCUT2D eigenvalue weighted by Gasteiger charge is 2.47. The standard InChI is InChI=1S/C28H27NO5/c1-4-33-22-15-13-21(14-16-22)29-25(20-7-6-8-23(17-20)34-5-2)24(27(31)28(29)32)26(30)19-11-9-18(3)10-12-19/h6-17,25,30H,4-5H2,1-3H3/b26-24-. The van der Waals surface area contributed by atoms with Gasteiger partial charge >= 0.3 is 0 Å². The third kappa shape index (κ3) is 4.39. The number of aliphatic hydroxyl groups excluding tert-OH is 1. The number of anilines is 1. The average Bonchev–Trinajstić information content (AvgIpc) is 3.11. The molecule has 0 saturated carbocycles. The van der Waals surface area contributed by atoms with Gasteiger partial charge in [0.2, 0.25) is 0 Å². The molecule has 0 spiro atoms. The summed E-state index contributed by atoms with van der Waals surface area (Å²) in [7, 11) is 0. The lowest BCUT2D eigenvalue weighted by Crippen LogP contribution is -2.29. The molecule has 3 aromatic carbocycles. The number of carbonyl (C=O) groups excluding carboxylic acids is 2. The molecule has 6 nitrogen and oxygen atoms in total. The van der Waals surface area contributed by atoms with Crippen molar-refractivity contribution in [1.82, 2.24) is 0 Å². The van der Waals surface area contributed by atoms with E-state index in [0.29, 0.717) is 41.5 Å². The molecule has 1 unspecified atom stereocenters. The number of rotatable bonds is 7. The molecule has 3 aromatic rings. The van der Waals surface area contributed by atoms with Crippen molar-refractivity contribution < 1.29 is 24.2 Å². The predicted molar refractivity (Wildman–Crippen MR) is 131 cm³/mol. The van der Waals surface area contributed by atoms with E-state index in [1.54, 1.807) is 42.5 Å². The first-order valence-corrected chi connectivity index (χ1v) is 11.3. The monoisotopic (exact) mass is 457 g/mol. The summed E-state index contributed by atoms with van der Waals surface area (Å²) in [5.74, 6) is -0.369. The van der Waals surface area contributed by atoms with E-state index in [1.807, 2.05) is 51.1 Å². The van der Waals surface area contributed by atoms with Crippen LogP contribution in [0.3, 0.4) is 0 Å². The SMILES string of the molecule is CCOc1ccc(N2C(=O)C(=O)/C(=C(\O)c3ccc(C)cc3)C2c2cccc(OCC)c2)cc1. The number of amides is 1. The molecule has 6 heteroatoms. The quantitative estimate of drug-likeness (QED) is 0.291. The van der Waals surface area contributed by atoms with E-state index < -0.39 is 17.7 Å². The van der Waals surface area contributed by atoms with Crippen molar-refractivity contribution >= 4 is 23.1 Å². The Morgan fingerprint density at radius 2 is 1.53 bits per heavy atom. The number of nitrogens with zero attached hydrogens (tertiary/aromatic N) is 1. The van der Waals surface area contributed by atoms with Crippen molar-refractivity contribution in [3.63, 3.8) is 0 Å². The lowest BCUT2D eigenvalue weighted by Gasteiger charge is -2.26. The molecule has 1 N–H and O–H groups in total. The number of carbonyl (C=O) groups is 2. The van der Waals surface area contributed by atoms with E-state index in [4.69, 9.17) is 9.47 Å².